The van der Waals surface area contributed by atoms with Crippen LogP contribution in [0.4, 0.5) is 0 Å². The van der Waals surface area contributed by atoms with E-state index in [0.29, 0.717) is 5.69 Å². The van der Waals surface area contributed by atoms with Gasteiger partial charge >= 0.3 is 0 Å². The Morgan fingerprint density at radius 2 is 2.10 bits per heavy atom. The molecule has 0 bridgehead atoms. The molecule has 0 radical (unpaired) electrons. The summed E-state index contributed by atoms with van der Waals surface area (Å²) in [7, 11) is 1.65. The first-order valence-corrected chi connectivity index (χ1v) is 6.91. The van der Waals surface area contributed by atoms with Gasteiger partial charge in [0.15, 0.2) is 5.69 Å². The number of hydrogen-bond acceptors (Lipinski definition) is 5. The van der Waals surface area contributed by atoms with Gasteiger partial charge in [0.2, 0.25) is 4.96 Å². The molecule has 100 valence electrons. The third-order valence-corrected chi connectivity index (χ3v) is 3.95. The summed E-state index contributed by atoms with van der Waals surface area (Å²) >= 11 is 1.51. The van der Waals surface area contributed by atoms with Crippen molar-refractivity contribution in [1.82, 2.24) is 14.6 Å². The third-order valence-electron chi connectivity index (χ3n) is 3.04. The molecule has 0 N–H and O–H groups in total. The van der Waals surface area contributed by atoms with E-state index in [1.165, 1.54) is 11.3 Å². The molecule has 1 aromatic carbocycles. The van der Waals surface area contributed by atoms with Crippen molar-refractivity contribution in [2.75, 3.05) is 7.11 Å². The van der Waals surface area contributed by atoms with Crippen molar-refractivity contribution >= 4 is 16.3 Å². The number of rotatable bonds is 3. The molecule has 3 rings (SSSR count). The monoisotopic (exact) mass is 284 g/mol. The van der Waals surface area contributed by atoms with Gasteiger partial charge in [-0.05, 0) is 24.6 Å². The van der Waals surface area contributed by atoms with Gasteiger partial charge in [0.25, 0.3) is 0 Å². The highest BCUT2D eigenvalue weighted by Gasteiger charge is 2.13. The lowest BCUT2D eigenvalue weighted by Gasteiger charge is -2.01. The Morgan fingerprint density at radius 3 is 2.75 bits per heavy atom. The first-order chi connectivity index (χ1) is 9.71. The fourth-order valence-corrected chi connectivity index (χ4v) is 2.98. The molecule has 0 atom stereocenters. The zero-order chi connectivity index (χ0) is 14.1. The summed E-state index contributed by atoms with van der Waals surface area (Å²) in [6.07, 6.45) is 0.724. The Labute approximate surface area is 120 Å². The second-order valence-corrected chi connectivity index (χ2v) is 5.41. The number of methoxy groups -OCH3 is 1. The van der Waals surface area contributed by atoms with Crippen molar-refractivity contribution in [3.8, 4) is 11.8 Å². The minimum Gasteiger partial charge on any atom is -0.497 e. The van der Waals surface area contributed by atoms with Gasteiger partial charge in [0, 0.05) is 6.42 Å². The molecule has 5 nitrogen and oxygen atoms in total. The van der Waals surface area contributed by atoms with Gasteiger partial charge < -0.3 is 4.74 Å². The summed E-state index contributed by atoms with van der Waals surface area (Å²) in [5.41, 5.74) is 2.39. The quantitative estimate of drug-likeness (QED) is 0.741. The molecule has 2 aromatic heterocycles. The average Bonchev–Trinajstić information content (AvgIpc) is 2.95. The van der Waals surface area contributed by atoms with Gasteiger partial charge in [0.05, 0.1) is 12.8 Å². The van der Waals surface area contributed by atoms with Crippen LogP contribution in [0.1, 0.15) is 22.0 Å². The molecular weight excluding hydrogens is 272 g/mol. The van der Waals surface area contributed by atoms with Crippen LogP contribution in [0.3, 0.4) is 0 Å². The number of aryl methyl sites for hydroxylation is 1. The summed E-state index contributed by atoms with van der Waals surface area (Å²) in [6.45, 7) is 1.82. The Morgan fingerprint density at radius 1 is 1.35 bits per heavy atom. The number of nitriles is 1. The standard InChI is InChI=1S/C14H12N4OS/c1-9-12(8-15)18-14(16-9)20-13(17-18)7-10-3-5-11(19-2)6-4-10/h3-6H,7H2,1-2H3. The molecule has 3 aromatic rings. The van der Waals surface area contributed by atoms with E-state index in [9.17, 15) is 0 Å². The van der Waals surface area contributed by atoms with E-state index >= 15 is 0 Å². The topological polar surface area (TPSA) is 63.2 Å². The molecule has 0 unspecified atom stereocenters. The van der Waals surface area contributed by atoms with Gasteiger partial charge in [0.1, 0.15) is 16.8 Å². The van der Waals surface area contributed by atoms with Crippen molar-refractivity contribution < 1.29 is 4.74 Å². The van der Waals surface area contributed by atoms with Gasteiger partial charge in [-0.3, -0.25) is 0 Å². The number of imidazole rings is 1. The summed E-state index contributed by atoms with van der Waals surface area (Å²) in [4.78, 5) is 5.12. The van der Waals surface area contributed by atoms with Gasteiger partial charge in [-0.1, -0.05) is 23.5 Å². The Balaban J connectivity index is 1.91. The normalized spacial score (nSPS) is 10.7. The minimum atomic E-state index is 0.511. The van der Waals surface area contributed by atoms with E-state index in [1.54, 1.807) is 11.6 Å². The van der Waals surface area contributed by atoms with E-state index in [0.717, 1.165) is 33.4 Å². The molecule has 2 heterocycles. The first-order valence-electron chi connectivity index (χ1n) is 6.09. The maximum atomic E-state index is 9.10. The molecule has 20 heavy (non-hydrogen) atoms. The lowest BCUT2D eigenvalue weighted by atomic mass is 10.1. The van der Waals surface area contributed by atoms with Crippen LogP contribution in [0.25, 0.3) is 4.96 Å². The zero-order valence-corrected chi connectivity index (χ0v) is 11.9. The van der Waals surface area contributed by atoms with E-state index in [2.05, 4.69) is 16.2 Å². The predicted molar refractivity (Wildman–Crippen MR) is 76.1 cm³/mol. The van der Waals surface area contributed by atoms with Crippen molar-refractivity contribution in [3.05, 3.63) is 46.2 Å². The SMILES string of the molecule is COc1ccc(Cc2nn3c(C#N)c(C)nc3s2)cc1. The fraction of sp³-hybridized carbons (Fsp3) is 0.214. The Bertz CT molecular complexity index is 795. The van der Waals surface area contributed by atoms with Gasteiger partial charge in [-0.15, -0.1) is 0 Å². The van der Waals surface area contributed by atoms with E-state index in [4.69, 9.17) is 10.00 Å². The molecule has 6 heteroatoms. The van der Waals surface area contributed by atoms with Crippen LogP contribution in [0.5, 0.6) is 5.75 Å². The van der Waals surface area contributed by atoms with Crippen LogP contribution in [0.15, 0.2) is 24.3 Å². The summed E-state index contributed by atoms with van der Waals surface area (Å²) < 4.78 is 6.76. The fourth-order valence-electron chi connectivity index (χ4n) is 2.01. The van der Waals surface area contributed by atoms with Gasteiger partial charge in [-0.25, -0.2) is 4.98 Å². The molecule has 0 aliphatic heterocycles. The van der Waals surface area contributed by atoms with Crippen LogP contribution >= 0.6 is 11.3 Å². The van der Waals surface area contributed by atoms with Crippen molar-refractivity contribution in [2.45, 2.75) is 13.3 Å². The van der Waals surface area contributed by atoms with Crippen LogP contribution in [0.2, 0.25) is 0 Å². The molecule has 0 amide bonds. The second kappa shape index (κ2) is 4.94. The van der Waals surface area contributed by atoms with Gasteiger partial charge in [-0.2, -0.15) is 14.9 Å². The Kier molecular flexibility index (Phi) is 3.12. The van der Waals surface area contributed by atoms with Crippen LogP contribution < -0.4 is 4.74 Å². The molecule has 0 spiro atoms. The van der Waals surface area contributed by atoms with E-state index < -0.39 is 0 Å². The predicted octanol–water partition coefficient (Wildman–Crippen LogP) is 2.57. The number of nitrogens with zero attached hydrogens (tertiary/aromatic N) is 4. The highest BCUT2D eigenvalue weighted by atomic mass is 32.1. The maximum Gasteiger partial charge on any atom is 0.213 e. The summed E-state index contributed by atoms with van der Waals surface area (Å²) in [5.74, 6) is 0.838. The lowest BCUT2D eigenvalue weighted by molar-refractivity contribution is 0.414. The highest BCUT2D eigenvalue weighted by Crippen LogP contribution is 2.21. The smallest absolute Gasteiger partial charge is 0.213 e. The average molecular weight is 284 g/mol. The number of benzene rings is 1. The zero-order valence-electron chi connectivity index (χ0n) is 11.1. The Hall–Kier alpha value is -2.39. The molecular formula is C14H12N4OS. The van der Waals surface area contributed by atoms with E-state index in [1.807, 2.05) is 31.2 Å². The maximum absolute atomic E-state index is 9.10. The molecule has 0 aliphatic carbocycles. The molecule has 0 aliphatic rings. The van der Waals surface area contributed by atoms with Crippen molar-refractivity contribution in [1.29, 1.82) is 5.26 Å². The minimum absolute atomic E-state index is 0.511. The van der Waals surface area contributed by atoms with Crippen LogP contribution in [-0.2, 0) is 6.42 Å². The molecule has 0 saturated carbocycles. The number of fused-ring (bicyclic) bond motifs is 1. The number of hydrogen-bond donors (Lipinski definition) is 0. The number of aromatic nitrogens is 3. The third kappa shape index (κ3) is 2.12. The highest BCUT2D eigenvalue weighted by molar-refractivity contribution is 7.16. The first kappa shape index (κ1) is 12.6. The largest absolute Gasteiger partial charge is 0.497 e. The molecule has 0 saturated heterocycles. The number of ether oxygens (including phenoxy) is 1. The van der Waals surface area contributed by atoms with Crippen LogP contribution in [-0.4, -0.2) is 21.7 Å². The second-order valence-electron chi connectivity index (χ2n) is 4.37. The summed E-state index contributed by atoms with van der Waals surface area (Å²) in [5, 5.41) is 14.5. The lowest BCUT2D eigenvalue weighted by Crippen LogP contribution is -1.93. The molecule has 0 fully saturated rings. The van der Waals surface area contributed by atoms with Crippen molar-refractivity contribution in [3.63, 3.8) is 0 Å². The summed E-state index contributed by atoms with van der Waals surface area (Å²) in [6, 6.07) is 10.0. The van der Waals surface area contributed by atoms with Crippen molar-refractivity contribution in [2.24, 2.45) is 0 Å². The van der Waals surface area contributed by atoms with Crippen LogP contribution in [0, 0.1) is 18.3 Å². The van der Waals surface area contributed by atoms with E-state index in [-0.39, 0.29) is 0 Å².